The molecule has 0 aliphatic heterocycles. The van der Waals surface area contributed by atoms with Crippen molar-refractivity contribution in [2.45, 2.75) is 32.7 Å². The molecule has 1 aromatic rings. The predicted octanol–water partition coefficient (Wildman–Crippen LogP) is 1.47. The van der Waals surface area contributed by atoms with Crippen molar-refractivity contribution in [3.63, 3.8) is 0 Å². The molecule has 0 aliphatic rings. The maximum absolute atomic E-state index is 11.7. The summed E-state index contributed by atoms with van der Waals surface area (Å²) in [4.78, 5) is 22.5. The Kier molecular flexibility index (Phi) is 4.92. The van der Waals surface area contributed by atoms with Crippen LogP contribution in [-0.4, -0.2) is 24.0 Å². The van der Waals surface area contributed by atoms with Crippen LogP contribution in [0.5, 0.6) is 5.75 Å². The van der Waals surface area contributed by atoms with Crippen LogP contribution < -0.4 is 15.8 Å². The van der Waals surface area contributed by atoms with E-state index in [1.54, 1.807) is 24.3 Å². The number of hydrogen-bond donors (Lipinski definition) is 2. The number of nitrogens with two attached hydrogens (primary N) is 1. The summed E-state index contributed by atoms with van der Waals surface area (Å²) in [5, 5.41) is 2.87. The van der Waals surface area contributed by atoms with Crippen molar-refractivity contribution in [2.24, 2.45) is 5.73 Å². The first kappa shape index (κ1) is 15.0. The normalized spacial score (nSPS) is 10.9. The van der Waals surface area contributed by atoms with E-state index in [1.807, 2.05) is 20.8 Å². The van der Waals surface area contributed by atoms with Gasteiger partial charge in [0.05, 0.1) is 0 Å². The first-order valence-electron chi connectivity index (χ1n) is 6.18. The van der Waals surface area contributed by atoms with Crippen molar-refractivity contribution >= 4 is 11.8 Å². The fourth-order valence-corrected chi connectivity index (χ4v) is 1.37. The molecule has 0 bridgehead atoms. The topological polar surface area (TPSA) is 81.4 Å². The standard InChI is InChI=1S/C14H20N2O3/c1-4-14(2,3)16-12(17)9-19-11-7-5-10(6-8-11)13(15)18/h5-8H,4,9H2,1-3H3,(H2,15,18)(H,16,17). The van der Waals surface area contributed by atoms with Crippen LogP contribution in [0.1, 0.15) is 37.6 Å². The minimum absolute atomic E-state index is 0.0562. The second kappa shape index (κ2) is 6.22. The summed E-state index contributed by atoms with van der Waals surface area (Å²) in [6.07, 6.45) is 0.839. The molecule has 2 amide bonds. The molecule has 0 aromatic heterocycles. The van der Waals surface area contributed by atoms with Gasteiger partial charge in [0.15, 0.2) is 6.61 Å². The second-order valence-corrected chi connectivity index (χ2v) is 4.96. The highest BCUT2D eigenvalue weighted by atomic mass is 16.5. The highest BCUT2D eigenvalue weighted by Crippen LogP contribution is 2.12. The summed E-state index contributed by atoms with van der Waals surface area (Å²) in [6.45, 7) is 5.85. The molecule has 0 heterocycles. The Bertz CT molecular complexity index is 452. The minimum Gasteiger partial charge on any atom is -0.484 e. The fourth-order valence-electron chi connectivity index (χ4n) is 1.37. The number of primary amides is 1. The molecular weight excluding hydrogens is 244 g/mol. The molecule has 0 fully saturated rings. The minimum atomic E-state index is -0.492. The molecular formula is C14H20N2O3. The molecule has 3 N–H and O–H groups in total. The lowest BCUT2D eigenvalue weighted by Crippen LogP contribution is -2.44. The van der Waals surface area contributed by atoms with Crippen LogP contribution in [0.15, 0.2) is 24.3 Å². The molecule has 0 saturated carbocycles. The molecule has 5 nitrogen and oxygen atoms in total. The smallest absolute Gasteiger partial charge is 0.258 e. The highest BCUT2D eigenvalue weighted by Gasteiger charge is 2.17. The average molecular weight is 264 g/mol. The van der Waals surface area contributed by atoms with Gasteiger partial charge in [-0.15, -0.1) is 0 Å². The van der Waals surface area contributed by atoms with Crippen LogP contribution in [0, 0.1) is 0 Å². The SMILES string of the molecule is CCC(C)(C)NC(=O)COc1ccc(C(N)=O)cc1. The maximum atomic E-state index is 11.7. The molecule has 0 saturated heterocycles. The monoisotopic (exact) mass is 264 g/mol. The molecule has 0 aliphatic carbocycles. The van der Waals surface area contributed by atoms with Gasteiger partial charge in [-0.25, -0.2) is 0 Å². The Hall–Kier alpha value is -2.04. The Labute approximate surface area is 113 Å². The largest absolute Gasteiger partial charge is 0.484 e. The maximum Gasteiger partial charge on any atom is 0.258 e. The quantitative estimate of drug-likeness (QED) is 0.816. The summed E-state index contributed by atoms with van der Waals surface area (Å²) >= 11 is 0. The van der Waals surface area contributed by atoms with E-state index in [0.717, 1.165) is 6.42 Å². The first-order valence-corrected chi connectivity index (χ1v) is 6.18. The zero-order valence-electron chi connectivity index (χ0n) is 11.5. The van der Waals surface area contributed by atoms with E-state index in [0.29, 0.717) is 11.3 Å². The Morgan fingerprint density at radius 1 is 1.26 bits per heavy atom. The van der Waals surface area contributed by atoms with Gasteiger partial charge in [0, 0.05) is 11.1 Å². The van der Waals surface area contributed by atoms with E-state index >= 15 is 0 Å². The zero-order chi connectivity index (χ0) is 14.5. The lowest BCUT2D eigenvalue weighted by Gasteiger charge is -2.24. The number of hydrogen-bond acceptors (Lipinski definition) is 3. The first-order chi connectivity index (χ1) is 8.84. The van der Waals surface area contributed by atoms with Gasteiger partial charge in [0.2, 0.25) is 5.91 Å². The van der Waals surface area contributed by atoms with Gasteiger partial charge in [0.1, 0.15) is 5.75 Å². The Balaban J connectivity index is 2.48. The van der Waals surface area contributed by atoms with E-state index in [-0.39, 0.29) is 18.1 Å². The highest BCUT2D eigenvalue weighted by molar-refractivity contribution is 5.92. The third-order valence-electron chi connectivity index (χ3n) is 2.87. The van der Waals surface area contributed by atoms with Crippen molar-refractivity contribution < 1.29 is 14.3 Å². The fraction of sp³-hybridized carbons (Fsp3) is 0.429. The van der Waals surface area contributed by atoms with Gasteiger partial charge in [-0.3, -0.25) is 9.59 Å². The van der Waals surface area contributed by atoms with Gasteiger partial charge in [0.25, 0.3) is 5.91 Å². The number of amides is 2. The molecule has 0 radical (unpaired) electrons. The van der Waals surface area contributed by atoms with Crippen LogP contribution in [-0.2, 0) is 4.79 Å². The van der Waals surface area contributed by atoms with Crippen molar-refractivity contribution in [1.82, 2.24) is 5.32 Å². The third-order valence-corrected chi connectivity index (χ3v) is 2.87. The molecule has 104 valence electrons. The molecule has 0 spiro atoms. The van der Waals surface area contributed by atoms with Gasteiger partial charge in [-0.2, -0.15) is 0 Å². The molecule has 0 atom stereocenters. The van der Waals surface area contributed by atoms with Crippen molar-refractivity contribution in [3.05, 3.63) is 29.8 Å². The van der Waals surface area contributed by atoms with Crippen molar-refractivity contribution in [2.75, 3.05) is 6.61 Å². The Morgan fingerprint density at radius 3 is 2.32 bits per heavy atom. The molecule has 1 aromatic carbocycles. The van der Waals surface area contributed by atoms with Crippen LogP contribution in [0.4, 0.5) is 0 Å². The average Bonchev–Trinajstić information content (AvgIpc) is 2.36. The summed E-state index contributed by atoms with van der Waals surface area (Å²) in [5.74, 6) is -0.144. The molecule has 19 heavy (non-hydrogen) atoms. The van der Waals surface area contributed by atoms with Crippen LogP contribution >= 0.6 is 0 Å². The molecule has 5 heteroatoms. The van der Waals surface area contributed by atoms with E-state index in [4.69, 9.17) is 10.5 Å². The zero-order valence-corrected chi connectivity index (χ0v) is 11.5. The summed E-state index contributed by atoms with van der Waals surface area (Å²) in [7, 11) is 0. The summed E-state index contributed by atoms with van der Waals surface area (Å²) < 4.78 is 5.33. The summed E-state index contributed by atoms with van der Waals surface area (Å²) in [6, 6.07) is 6.34. The van der Waals surface area contributed by atoms with E-state index < -0.39 is 5.91 Å². The molecule has 1 rings (SSSR count). The lowest BCUT2D eigenvalue weighted by molar-refractivity contribution is -0.124. The van der Waals surface area contributed by atoms with Crippen molar-refractivity contribution in [1.29, 1.82) is 0 Å². The summed E-state index contributed by atoms with van der Waals surface area (Å²) in [5.41, 5.74) is 5.29. The number of carbonyl (C=O) groups excluding carboxylic acids is 2. The van der Waals surface area contributed by atoms with Gasteiger partial charge in [-0.05, 0) is 44.5 Å². The number of ether oxygens (including phenoxy) is 1. The van der Waals surface area contributed by atoms with Crippen LogP contribution in [0.3, 0.4) is 0 Å². The van der Waals surface area contributed by atoms with E-state index in [2.05, 4.69) is 5.32 Å². The van der Waals surface area contributed by atoms with Gasteiger partial charge in [-0.1, -0.05) is 6.92 Å². The van der Waals surface area contributed by atoms with Gasteiger partial charge < -0.3 is 15.8 Å². The van der Waals surface area contributed by atoms with E-state index in [9.17, 15) is 9.59 Å². The van der Waals surface area contributed by atoms with Crippen LogP contribution in [0.2, 0.25) is 0 Å². The van der Waals surface area contributed by atoms with Gasteiger partial charge >= 0.3 is 0 Å². The Morgan fingerprint density at radius 2 is 1.84 bits per heavy atom. The second-order valence-electron chi connectivity index (χ2n) is 4.96. The van der Waals surface area contributed by atoms with Crippen LogP contribution in [0.25, 0.3) is 0 Å². The number of rotatable bonds is 6. The third kappa shape index (κ3) is 4.99. The molecule has 0 unspecified atom stereocenters. The lowest BCUT2D eigenvalue weighted by atomic mass is 10.0. The van der Waals surface area contributed by atoms with Crippen molar-refractivity contribution in [3.8, 4) is 5.75 Å². The number of carbonyl (C=O) groups is 2. The van der Waals surface area contributed by atoms with E-state index in [1.165, 1.54) is 0 Å². The number of nitrogens with one attached hydrogen (secondary N) is 1. The predicted molar refractivity (Wildman–Crippen MR) is 73.0 cm³/mol. The number of benzene rings is 1.